The number of aromatic nitrogens is 2. The average molecular weight is 320 g/mol. The zero-order valence-electron chi connectivity index (χ0n) is 12.0. The van der Waals surface area contributed by atoms with Crippen LogP contribution >= 0.6 is 0 Å². The smallest absolute Gasteiger partial charge is 0.206 e. The summed E-state index contributed by atoms with van der Waals surface area (Å²) in [7, 11) is -3.59. The number of nitrogens with zero attached hydrogens (tertiary/aromatic N) is 2. The van der Waals surface area contributed by atoms with E-state index in [9.17, 15) is 8.42 Å². The van der Waals surface area contributed by atoms with Gasteiger partial charge in [-0.3, -0.25) is 9.97 Å². The highest BCUT2D eigenvalue weighted by atomic mass is 32.2. The largest absolute Gasteiger partial charge is 0.253 e. The van der Waals surface area contributed by atoms with Crippen molar-refractivity contribution in [2.75, 3.05) is 0 Å². The van der Waals surface area contributed by atoms with E-state index in [1.54, 1.807) is 42.7 Å². The van der Waals surface area contributed by atoms with Gasteiger partial charge in [-0.1, -0.05) is 30.3 Å². The van der Waals surface area contributed by atoms with E-state index in [0.717, 1.165) is 10.8 Å². The molecule has 0 aliphatic heterocycles. The molecular formula is C18H12N2O2S. The number of rotatable bonds is 2. The summed E-state index contributed by atoms with van der Waals surface area (Å²) < 4.78 is 25.7. The van der Waals surface area contributed by atoms with Crippen molar-refractivity contribution in [3.63, 3.8) is 0 Å². The second-order valence-electron chi connectivity index (χ2n) is 5.22. The first-order chi connectivity index (χ1) is 11.1. The van der Waals surface area contributed by atoms with E-state index in [4.69, 9.17) is 0 Å². The maximum atomic E-state index is 12.9. The van der Waals surface area contributed by atoms with Gasteiger partial charge in [0.1, 0.15) is 0 Å². The van der Waals surface area contributed by atoms with Crippen LogP contribution in [0.5, 0.6) is 0 Å². The van der Waals surface area contributed by atoms with Gasteiger partial charge >= 0.3 is 0 Å². The van der Waals surface area contributed by atoms with Gasteiger partial charge in [0.2, 0.25) is 9.84 Å². The molecule has 112 valence electrons. The van der Waals surface area contributed by atoms with Crippen LogP contribution in [0.25, 0.3) is 21.8 Å². The second-order valence-corrected chi connectivity index (χ2v) is 7.17. The van der Waals surface area contributed by atoms with E-state index in [2.05, 4.69) is 9.97 Å². The van der Waals surface area contributed by atoms with E-state index >= 15 is 0 Å². The van der Waals surface area contributed by atoms with Crippen molar-refractivity contribution in [1.82, 2.24) is 9.97 Å². The van der Waals surface area contributed by atoms with Gasteiger partial charge in [0.25, 0.3) is 0 Å². The van der Waals surface area contributed by atoms with Crippen molar-refractivity contribution in [2.45, 2.75) is 9.79 Å². The van der Waals surface area contributed by atoms with Crippen LogP contribution in [-0.2, 0) is 9.84 Å². The molecule has 4 nitrogen and oxygen atoms in total. The maximum absolute atomic E-state index is 12.9. The van der Waals surface area contributed by atoms with E-state index < -0.39 is 9.84 Å². The lowest BCUT2D eigenvalue weighted by Gasteiger charge is -2.07. The highest BCUT2D eigenvalue weighted by Gasteiger charge is 2.18. The first-order valence-corrected chi connectivity index (χ1v) is 8.58. The molecule has 0 saturated carbocycles. The van der Waals surface area contributed by atoms with Gasteiger partial charge in [0.15, 0.2) is 0 Å². The van der Waals surface area contributed by atoms with Crippen molar-refractivity contribution >= 4 is 31.6 Å². The Kier molecular flexibility index (Phi) is 3.09. The Hall–Kier alpha value is -2.79. The third-order valence-electron chi connectivity index (χ3n) is 3.78. The van der Waals surface area contributed by atoms with Crippen LogP contribution in [0.1, 0.15) is 0 Å². The number of hydrogen-bond acceptors (Lipinski definition) is 4. The number of sulfone groups is 1. The minimum Gasteiger partial charge on any atom is -0.253 e. The minimum atomic E-state index is -3.59. The first kappa shape index (κ1) is 13.8. The van der Waals surface area contributed by atoms with Crippen LogP contribution in [0, 0.1) is 0 Å². The Morgan fingerprint density at radius 2 is 1.30 bits per heavy atom. The maximum Gasteiger partial charge on any atom is 0.206 e. The molecule has 0 N–H and O–H groups in total. The number of hydrogen-bond donors (Lipinski definition) is 0. The van der Waals surface area contributed by atoms with Crippen molar-refractivity contribution in [3.05, 3.63) is 73.1 Å². The zero-order valence-corrected chi connectivity index (χ0v) is 12.9. The van der Waals surface area contributed by atoms with Gasteiger partial charge in [0, 0.05) is 12.4 Å². The summed E-state index contributed by atoms with van der Waals surface area (Å²) in [5.41, 5.74) is 1.24. The van der Waals surface area contributed by atoms with Crippen molar-refractivity contribution in [1.29, 1.82) is 0 Å². The fraction of sp³-hybridized carbons (Fsp3) is 0. The summed E-state index contributed by atoms with van der Waals surface area (Å²) in [5.74, 6) is 0. The Balaban J connectivity index is 1.89. The molecule has 0 bridgehead atoms. The van der Waals surface area contributed by atoms with Gasteiger partial charge in [0.05, 0.1) is 20.8 Å². The molecule has 0 saturated heterocycles. The third kappa shape index (κ3) is 2.35. The molecule has 0 aliphatic rings. The van der Waals surface area contributed by atoms with E-state index in [1.165, 1.54) is 0 Å². The zero-order chi connectivity index (χ0) is 15.9. The fourth-order valence-electron chi connectivity index (χ4n) is 2.58. The lowest BCUT2D eigenvalue weighted by atomic mass is 10.1. The summed E-state index contributed by atoms with van der Waals surface area (Å²) in [5, 5.41) is 1.91. The fourth-order valence-corrected chi connectivity index (χ4v) is 3.90. The van der Waals surface area contributed by atoms with Gasteiger partial charge < -0.3 is 0 Å². The molecule has 1 aromatic heterocycles. The van der Waals surface area contributed by atoms with E-state index in [-0.39, 0.29) is 9.79 Å². The van der Waals surface area contributed by atoms with Crippen LogP contribution < -0.4 is 0 Å². The summed E-state index contributed by atoms with van der Waals surface area (Å²) in [4.78, 5) is 8.83. The van der Waals surface area contributed by atoms with E-state index in [0.29, 0.717) is 11.0 Å². The molecule has 23 heavy (non-hydrogen) atoms. The second kappa shape index (κ2) is 5.14. The molecule has 0 atom stereocenters. The lowest BCUT2D eigenvalue weighted by molar-refractivity contribution is 0.596. The van der Waals surface area contributed by atoms with Crippen LogP contribution in [0.2, 0.25) is 0 Å². The molecule has 4 aromatic rings. The van der Waals surface area contributed by atoms with Crippen LogP contribution in [0.4, 0.5) is 0 Å². The standard InChI is InChI=1S/C18H12N2O2S/c21-23(22,15-6-5-13-3-1-2-4-14(13)11-15)16-7-8-17-18(12-16)20-10-9-19-17/h1-12H. The van der Waals surface area contributed by atoms with Crippen molar-refractivity contribution in [3.8, 4) is 0 Å². The van der Waals surface area contributed by atoms with Crippen molar-refractivity contribution in [2.24, 2.45) is 0 Å². The molecule has 3 aromatic carbocycles. The molecule has 0 fully saturated rings. The molecule has 0 spiro atoms. The average Bonchev–Trinajstić information content (AvgIpc) is 2.61. The van der Waals surface area contributed by atoms with Gasteiger partial charge in [-0.15, -0.1) is 0 Å². The summed E-state index contributed by atoms with van der Waals surface area (Å²) in [6.45, 7) is 0. The van der Waals surface area contributed by atoms with Gasteiger partial charge in [-0.2, -0.15) is 0 Å². The van der Waals surface area contributed by atoms with Gasteiger partial charge in [-0.25, -0.2) is 8.42 Å². The predicted molar refractivity (Wildman–Crippen MR) is 88.9 cm³/mol. The molecule has 5 heteroatoms. The summed E-state index contributed by atoms with van der Waals surface area (Å²) in [6.07, 6.45) is 3.13. The highest BCUT2D eigenvalue weighted by molar-refractivity contribution is 7.91. The first-order valence-electron chi connectivity index (χ1n) is 7.09. The SMILES string of the molecule is O=S(=O)(c1ccc2ccccc2c1)c1ccc2nccnc2c1. The molecule has 0 unspecified atom stereocenters. The normalized spacial score (nSPS) is 11.8. The number of fused-ring (bicyclic) bond motifs is 2. The summed E-state index contributed by atoms with van der Waals surface area (Å²) in [6, 6.07) is 17.7. The Morgan fingerprint density at radius 3 is 2.13 bits per heavy atom. The van der Waals surface area contributed by atoms with Crippen LogP contribution in [0.15, 0.2) is 82.8 Å². The quantitative estimate of drug-likeness (QED) is 0.566. The lowest BCUT2D eigenvalue weighted by Crippen LogP contribution is -2.02. The summed E-state index contributed by atoms with van der Waals surface area (Å²) >= 11 is 0. The van der Waals surface area contributed by atoms with Crippen LogP contribution in [-0.4, -0.2) is 18.4 Å². The molecule has 1 heterocycles. The minimum absolute atomic E-state index is 0.223. The monoisotopic (exact) mass is 320 g/mol. The highest BCUT2D eigenvalue weighted by Crippen LogP contribution is 2.26. The molecular weight excluding hydrogens is 308 g/mol. The molecule has 0 radical (unpaired) electrons. The van der Waals surface area contributed by atoms with Gasteiger partial charge in [-0.05, 0) is 41.1 Å². The van der Waals surface area contributed by atoms with Crippen molar-refractivity contribution < 1.29 is 8.42 Å². The molecule has 0 aliphatic carbocycles. The predicted octanol–water partition coefficient (Wildman–Crippen LogP) is 3.62. The molecule has 4 rings (SSSR count). The topological polar surface area (TPSA) is 59.9 Å². The van der Waals surface area contributed by atoms with E-state index in [1.807, 2.05) is 30.3 Å². The molecule has 0 amide bonds. The number of benzene rings is 3. The Labute approximate surface area is 133 Å². The Bertz CT molecular complexity index is 1050. The Morgan fingerprint density at radius 1 is 0.652 bits per heavy atom. The third-order valence-corrected chi connectivity index (χ3v) is 5.53. The van der Waals surface area contributed by atoms with Crippen LogP contribution in [0.3, 0.4) is 0 Å².